The molecular weight excluding hydrogens is 266 g/mol. The highest BCUT2D eigenvalue weighted by Gasteiger charge is 2.25. The molecule has 3 N–H and O–H groups in total. The molecule has 4 heteroatoms. The first-order valence-corrected chi connectivity index (χ1v) is 7.80. The molecule has 1 aliphatic rings. The highest BCUT2D eigenvalue weighted by atomic mass is 16.5. The van der Waals surface area contributed by atoms with E-state index in [1.54, 1.807) is 0 Å². The van der Waals surface area contributed by atoms with E-state index in [4.69, 9.17) is 9.84 Å². The second-order valence-electron chi connectivity index (χ2n) is 6.20. The number of hydrogen-bond donors (Lipinski definition) is 3. The van der Waals surface area contributed by atoms with Gasteiger partial charge >= 0.3 is 0 Å². The van der Waals surface area contributed by atoms with Gasteiger partial charge in [-0.3, -0.25) is 0 Å². The summed E-state index contributed by atoms with van der Waals surface area (Å²) < 4.78 is 5.63. The van der Waals surface area contributed by atoms with Crippen molar-refractivity contribution in [2.24, 2.45) is 5.92 Å². The van der Waals surface area contributed by atoms with Crippen LogP contribution in [0.2, 0.25) is 0 Å². The number of aliphatic hydroxyl groups is 2. The van der Waals surface area contributed by atoms with Gasteiger partial charge in [-0.05, 0) is 23.5 Å². The number of ether oxygens (including phenoxy) is 1. The molecule has 1 aromatic carbocycles. The summed E-state index contributed by atoms with van der Waals surface area (Å²) in [5.74, 6) is 0.775. The van der Waals surface area contributed by atoms with Gasteiger partial charge in [0.1, 0.15) is 0 Å². The first-order chi connectivity index (χ1) is 10.1. The predicted molar refractivity (Wildman–Crippen MR) is 83.3 cm³/mol. The van der Waals surface area contributed by atoms with Crippen molar-refractivity contribution in [3.63, 3.8) is 0 Å². The fraction of sp³-hybridized carbons (Fsp3) is 0.647. The Morgan fingerprint density at radius 1 is 1.19 bits per heavy atom. The molecular formula is C17H27NO3. The SMILES string of the molecule is CC(C)c1ccc(C(CO)NCC2CC(CO)CO2)cc1. The standard InChI is InChI=1S/C17H27NO3/c1-12(2)14-3-5-15(6-4-14)17(10-20)18-8-16-7-13(9-19)11-21-16/h3-6,12-13,16-20H,7-11H2,1-2H3. The van der Waals surface area contributed by atoms with Crippen LogP contribution in [0.15, 0.2) is 24.3 Å². The lowest BCUT2D eigenvalue weighted by atomic mass is 9.99. The summed E-state index contributed by atoms with van der Waals surface area (Å²) in [5, 5.41) is 22.1. The summed E-state index contributed by atoms with van der Waals surface area (Å²) in [4.78, 5) is 0. The second kappa shape index (κ2) is 7.90. The van der Waals surface area contributed by atoms with Gasteiger partial charge < -0.3 is 20.3 Å². The van der Waals surface area contributed by atoms with E-state index in [1.165, 1.54) is 5.56 Å². The van der Waals surface area contributed by atoms with E-state index >= 15 is 0 Å². The van der Waals surface area contributed by atoms with Gasteiger partial charge in [0.05, 0.1) is 25.4 Å². The van der Waals surface area contributed by atoms with Crippen LogP contribution in [-0.2, 0) is 4.74 Å². The first kappa shape index (κ1) is 16.4. The van der Waals surface area contributed by atoms with Gasteiger partial charge in [0.25, 0.3) is 0 Å². The van der Waals surface area contributed by atoms with E-state index in [0.717, 1.165) is 12.0 Å². The smallest absolute Gasteiger partial charge is 0.0704 e. The topological polar surface area (TPSA) is 61.7 Å². The quantitative estimate of drug-likeness (QED) is 0.718. The van der Waals surface area contributed by atoms with Crippen LogP contribution >= 0.6 is 0 Å². The van der Waals surface area contributed by atoms with Crippen LogP contribution in [0.5, 0.6) is 0 Å². The molecule has 4 nitrogen and oxygen atoms in total. The molecule has 1 saturated heterocycles. The molecule has 0 bridgehead atoms. The molecule has 3 unspecified atom stereocenters. The van der Waals surface area contributed by atoms with E-state index in [1.807, 2.05) is 0 Å². The van der Waals surface area contributed by atoms with Crippen LogP contribution < -0.4 is 5.32 Å². The summed E-state index contributed by atoms with van der Waals surface area (Å²) >= 11 is 0. The van der Waals surface area contributed by atoms with Crippen molar-refractivity contribution in [1.29, 1.82) is 0 Å². The van der Waals surface area contributed by atoms with Gasteiger partial charge in [0.15, 0.2) is 0 Å². The lowest BCUT2D eigenvalue weighted by Gasteiger charge is -2.20. The Kier molecular flexibility index (Phi) is 6.18. The van der Waals surface area contributed by atoms with Crippen LogP contribution in [0.4, 0.5) is 0 Å². The van der Waals surface area contributed by atoms with Crippen molar-refractivity contribution in [3.05, 3.63) is 35.4 Å². The fourth-order valence-corrected chi connectivity index (χ4v) is 2.72. The normalized spacial score (nSPS) is 23.7. The Morgan fingerprint density at radius 2 is 1.86 bits per heavy atom. The van der Waals surface area contributed by atoms with E-state index in [0.29, 0.717) is 19.1 Å². The monoisotopic (exact) mass is 293 g/mol. The zero-order valence-corrected chi connectivity index (χ0v) is 13.0. The summed E-state index contributed by atoms with van der Waals surface area (Å²) in [6, 6.07) is 8.34. The molecule has 0 radical (unpaired) electrons. The molecule has 3 atom stereocenters. The van der Waals surface area contributed by atoms with E-state index < -0.39 is 0 Å². The van der Waals surface area contributed by atoms with Crippen LogP contribution in [-0.4, -0.2) is 42.7 Å². The van der Waals surface area contributed by atoms with Crippen molar-refractivity contribution in [2.75, 3.05) is 26.4 Å². The minimum absolute atomic E-state index is 0.0666. The number of aliphatic hydroxyl groups excluding tert-OH is 2. The second-order valence-corrected chi connectivity index (χ2v) is 6.20. The van der Waals surface area contributed by atoms with Gasteiger partial charge in [0.2, 0.25) is 0 Å². The highest BCUT2D eigenvalue weighted by Crippen LogP contribution is 2.21. The van der Waals surface area contributed by atoms with Crippen LogP contribution in [0.3, 0.4) is 0 Å². The maximum absolute atomic E-state index is 9.59. The summed E-state index contributed by atoms with van der Waals surface area (Å²) in [7, 11) is 0. The zero-order chi connectivity index (χ0) is 15.2. The Morgan fingerprint density at radius 3 is 2.38 bits per heavy atom. The number of hydrogen-bond acceptors (Lipinski definition) is 4. The molecule has 0 aromatic heterocycles. The van der Waals surface area contributed by atoms with Crippen molar-refractivity contribution >= 4 is 0 Å². The highest BCUT2D eigenvalue weighted by molar-refractivity contribution is 5.27. The largest absolute Gasteiger partial charge is 0.396 e. The van der Waals surface area contributed by atoms with Crippen LogP contribution in [0.1, 0.15) is 43.4 Å². The Labute approximate surface area is 127 Å². The van der Waals surface area contributed by atoms with Gasteiger partial charge in [0, 0.05) is 19.1 Å². The van der Waals surface area contributed by atoms with E-state index in [-0.39, 0.29) is 31.3 Å². The summed E-state index contributed by atoms with van der Waals surface area (Å²) in [6.45, 7) is 5.94. The van der Waals surface area contributed by atoms with Gasteiger partial charge in [-0.2, -0.15) is 0 Å². The molecule has 0 aliphatic carbocycles. The third-order valence-electron chi connectivity index (χ3n) is 4.20. The third-order valence-corrected chi connectivity index (χ3v) is 4.20. The van der Waals surface area contributed by atoms with Gasteiger partial charge in [-0.25, -0.2) is 0 Å². The zero-order valence-electron chi connectivity index (χ0n) is 13.0. The molecule has 1 fully saturated rings. The maximum Gasteiger partial charge on any atom is 0.0704 e. The molecule has 1 heterocycles. The molecule has 21 heavy (non-hydrogen) atoms. The molecule has 118 valence electrons. The van der Waals surface area contributed by atoms with E-state index in [2.05, 4.69) is 43.4 Å². The number of benzene rings is 1. The lowest BCUT2D eigenvalue weighted by Crippen LogP contribution is -2.32. The van der Waals surface area contributed by atoms with Crippen LogP contribution in [0.25, 0.3) is 0 Å². The third kappa shape index (κ3) is 4.51. The number of nitrogens with one attached hydrogen (secondary N) is 1. The maximum atomic E-state index is 9.59. The van der Waals surface area contributed by atoms with Crippen molar-refractivity contribution < 1.29 is 14.9 Å². The summed E-state index contributed by atoms with van der Waals surface area (Å²) in [5.41, 5.74) is 2.40. The molecule has 1 aromatic rings. The minimum Gasteiger partial charge on any atom is -0.396 e. The van der Waals surface area contributed by atoms with Crippen molar-refractivity contribution in [2.45, 2.75) is 38.3 Å². The lowest BCUT2D eigenvalue weighted by molar-refractivity contribution is 0.0954. The Balaban J connectivity index is 1.88. The Hall–Kier alpha value is -0.940. The van der Waals surface area contributed by atoms with Crippen LogP contribution in [0, 0.1) is 5.92 Å². The average molecular weight is 293 g/mol. The molecule has 1 aliphatic heterocycles. The minimum atomic E-state index is -0.0667. The molecule has 0 spiro atoms. The van der Waals surface area contributed by atoms with E-state index in [9.17, 15) is 5.11 Å². The fourth-order valence-electron chi connectivity index (χ4n) is 2.72. The number of rotatable bonds is 7. The summed E-state index contributed by atoms with van der Waals surface area (Å²) in [6.07, 6.45) is 1.01. The predicted octanol–water partition coefficient (Wildman–Crippen LogP) is 1.83. The molecule has 2 rings (SSSR count). The van der Waals surface area contributed by atoms with Gasteiger partial charge in [-0.1, -0.05) is 38.1 Å². The first-order valence-electron chi connectivity index (χ1n) is 7.80. The Bertz CT molecular complexity index is 419. The van der Waals surface area contributed by atoms with Gasteiger partial charge in [-0.15, -0.1) is 0 Å². The van der Waals surface area contributed by atoms with Crippen molar-refractivity contribution in [3.8, 4) is 0 Å². The molecule has 0 saturated carbocycles. The molecule has 0 amide bonds. The average Bonchev–Trinajstić information content (AvgIpc) is 2.96. The van der Waals surface area contributed by atoms with Crippen molar-refractivity contribution in [1.82, 2.24) is 5.32 Å².